The van der Waals surface area contributed by atoms with Gasteiger partial charge in [-0.1, -0.05) is 0 Å². The van der Waals surface area contributed by atoms with Crippen LogP contribution in [-0.4, -0.2) is 60.4 Å². The quantitative estimate of drug-likeness (QED) is 0.216. The highest BCUT2D eigenvalue weighted by molar-refractivity contribution is 9.10. The highest BCUT2D eigenvalue weighted by Crippen LogP contribution is 2.29. The molecule has 2 amide bonds. The number of likely N-dealkylation sites (tertiary alicyclic amines) is 1. The molecule has 13 heteroatoms. The minimum Gasteiger partial charge on any atom is -0.444 e. The van der Waals surface area contributed by atoms with Gasteiger partial charge in [-0.05, 0) is 87.2 Å². The van der Waals surface area contributed by atoms with Crippen LogP contribution in [0.3, 0.4) is 0 Å². The first-order valence-electron chi connectivity index (χ1n) is 14.6. The molecule has 1 aliphatic heterocycles. The van der Waals surface area contributed by atoms with E-state index in [1.807, 2.05) is 31.6 Å². The highest BCUT2D eigenvalue weighted by atomic mass is 79.9. The molecule has 3 aromatic heterocycles. The van der Waals surface area contributed by atoms with E-state index in [4.69, 9.17) is 15.6 Å². The smallest absolute Gasteiger partial charge is 0.410 e. The van der Waals surface area contributed by atoms with Crippen molar-refractivity contribution in [2.24, 2.45) is 0 Å². The average Bonchev–Trinajstić information content (AvgIpc) is 3.58. The fraction of sp³-hybridized carbons (Fsp3) is 0.467. The van der Waals surface area contributed by atoms with Gasteiger partial charge in [0.2, 0.25) is 6.41 Å². The molecule has 4 heterocycles. The van der Waals surface area contributed by atoms with Crippen LogP contribution in [0, 0.1) is 0 Å². The number of hydrogen-bond acceptors (Lipinski definition) is 7. The number of nitrogens with two attached hydrogens (primary N) is 1. The Labute approximate surface area is 259 Å². The number of aromatic nitrogens is 6. The lowest BCUT2D eigenvalue weighted by Gasteiger charge is -2.33. The lowest BCUT2D eigenvalue weighted by atomic mass is 10.1. The Morgan fingerprint density at radius 2 is 1.95 bits per heavy atom. The summed E-state index contributed by atoms with van der Waals surface area (Å²) in [4.78, 5) is 36.5. The van der Waals surface area contributed by atoms with Gasteiger partial charge in [0.05, 0.1) is 31.5 Å². The van der Waals surface area contributed by atoms with Gasteiger partial charge in [0.15, 0.2) is 22.7 Å². The zero-order valence-corrected chi connectivity index (χ0v) is 26.9. The first-order chi connectivity index (χ1) is 20.5. The van der Waals surface area contributed by atoms with Gasteiger partial charge >= 0.3 is 6.09 Å². The molecule has 0 bridgehead atoms. The Kier molecular flexibility index (Phi) is 8.72. The highest BCUT2D eigenvalue weighted by Gasteiger charge is 2.29. The number of benzene rings is 1. The SMILES string of the molecule is CCn1c(CN(C=O)c2nc(Br)cnc2N)[n+](CC)c2ccc(-c3cnn(C4CCN(C(=O)OC(C)(C)C)CC4)c3)cc21. The van der Waals surface area contributed by atoms with Crippen LogP contribution < -0.4 is 15.2 Å². The maximum atomic E-state index is 12.5. The number of hydrogen-bond donors (Lipinski definition) is 1. The van der Waals surface area contributed by atoms with Crippen molar-refractivity contribution >= 4 is 51.1 Å². The van der Waals surface area contributed by atoms with E-state index >= 15 is 0 Å². The molecule has 0 unspecified atom stereocenters. The van der Waals surface area contributed by atoms with E-state index in [0.29, 0.717) is 30.1 Å². The molecule has 228 valence electrons. The fourth-order valence-electron chi connectivity index (χ4n) is 5.67. The van der Waals surface area contributed by atoms with Gasteiger partial charge < -0.3 is 15.4 Å². The molecule has 0 radical (unpaired) electrons. The average molecular weight is 654 g/mol. The second-order valence-electron chi connectivity index (χ2n) is 11.7. The molecule has 0 aliphatic carbocycles. The van der Waals surface area contributed by atoms with Crippen LogP contribution in [0.4, 0.5) is 16.4 Å². The second-order valence-corrected chi connectivity index (χ2v) is 12.5. The van der Waals surface area contributed by atoms with Crippen molar-refractivity contribution < 1.29 is 18.9 Å². The molecule has 1 saturated heterocycles. The molecule has 12 nitrogen and oxygen atoms in total. The Hall–Kier alpha value is -4.00. The number of ether oxygens (including phenoxy) is 1. The van der Waals surface area contributed by atoms with Crippen LogP contribution >= 0.6 is 15.9 Å². The molecule has 5 rings (SSSR count). The summed E-state index contributed by atoms with van der Waals surface area (Å²) in [6.45, 7) is 12.8. The Morgan fingerprint density at radius 1 is 1.21 bits per heavy atom. The first-order valence-corrected chi connectivity index (χ1v) is 15.4. The first kappa shape index (κ1) is 30.5. The number of amides is 2. The van der Waals surface area contributed by atoms with Crippen molar-refractivity contribution in [1.29, 1.82) is 0 Å². The third kappa shape index (κ3) is 6.36. The second kappa shape index (κ2) is 12.3. The molecule has 0 atom stereocenters. The van der Waals surface area contributed by atoms with Crippen molar-refractivity contribution in [1.82, 2.24) is 29.2 Å². The van der Waals surface area contributed by atoms with Gasteiger partial charge in [-0.25, -0.2) is 23.9 Å². The third-order valence-corrected chi connectivity index (χ3v) is 8.08. The minimum atomic E-state index is -0.503. The normalized spacial score (nSPS) is 14.3. The number of carbonyl (C=O) groups is 2. The number of nitrogen functional groups attached to an aromatic ring is 1. The predicted octanol–water partition coefficient (Wildman–Crippen LogP) is 4.70. The molecular weight excluding hydrogens is 614 g/mol. The monoisotopic (exact) mass is 652 g/mol. The Bertz CT molecular complexity index is 1630. The lowest BCUT2D eigenvalue weighted by Crippen LogP contribution is -2.42. The summed E-state index contributed by atoms with van der Waals surface area (Å²) in [6, 6.07) is 6.63. The molecule has 0 saturated carbocycles. The topological polar surface area (TPSA) is 128 Å². The number of rotatable bonds is 8. The van der Waals surface area contributed by atoms with E-state index in [9.17, 15) is 9.59 Å². The third-order valence-electron chi connectivity index (χ3n) is 7.70. The largest absolute Gasteiger partial charge is 0.444 e. The van der Waals surface area contributed by atoms with Crippen LogP contribution in [-0.2, 0) is 29.2 Å². The van der Waals surface area contributed by atoms with Crippen LogP contribution in [0.1, 0.15) is 59.3 Å². The molecule has 2 N–H and O–H groups in total. The van der Waals surface area contributed by atoms with Gasteiger partial charge in [-0.3, -0.25) is 14.4 Å². The van der Waals surface area contributed by atoms with Gasteiger partial charge in [0, 0.05) is 24.8 Å². The Balaban J connectivity index is 1.39. The summed E-state index contributed by atoms with van der Waals surface area (Å²) >= 11 is 3.33. The zero-order chi connectivity index (χ0) is 30.9. The van der Waals surface area contributed by atoms with Gasteiger partial charge in [-0.15, -0.1) is 0 Å². The molecule has 1 fully saturated rings. The van der Waals surface area contributed by atoms with Crippen LogP contribution in [0.15, 0.2) is 41.4 Å². The summed E-state index contributed by atoms with van der Waals surface area (Å²) in [5.74, 6) is 1.45. The van der Waals surface area contributed by atoms with Crippen molar-refractivity contribution in [3.63, 3.8) is 0 Å². The van der Waals surface area contributed by atoms with Crippen LogP contribution in [0.5, 0.6) is 0 Å². The molecular formula is C30H39BrN9O3+. The van der Waals surface area contributed by atoms with Crippen molar-refractivity contribution in [2.75, 3.05) is 23.7 Å². The van der Waals surface area contributed by atoms with Gasteiger partial charge in [0.1, 0.15) is 16.7 Å². The number of halogens is 1. The lowest BCUT2D eigenvalue weighted by molar-refractivity contribution is -0.676. The van der Waals surface area contributed by atoms with Crippen LogP contribution in [0.2, 0.25) is 0 Å². The zero-order valence-electron chi connectivity index (χ0n) is 25.3. The number of aryl methyl sites for hydroxylation is 2. The van der Waals surface area contributed by atoms with Crippen molar-refractivity contribution in [2.45, 2.75) is 78.7 Å². The van der Waals surface area contributed by atoms with E-state index in [1.54, 1.807) is 4.90 Å². The molecule has 1 aromatic carbocycles. The summed E-state index contributed by atoms with van der Waals surface area (Å²) < 4.78 is 12.5. The van der Waals surface area contributed by atoms with Gasteiger partial charge in [-0.2, -0.15) is 5.10 Å². The maximum absolute atomic E-state index is 12.5. The number of imidazole rings is 1. The number of nitrogens with zero attached hydrogens (tertiary/aromatic N) is 8. The number of anilines is 2. The summed E-state index contributed by atoms with van der Waals surface area (Å²) in [7, 11) is 0. The van der Waals surface area contributed by atoms with E-state index in [-0.39, 0.29) is 24.5 Å². The van der Waals surface area contributed by atoms with E-state index in [2.05, 4.69) is 73.3 Å². The minimum absolute atomic E-state index is 0.187. The molecule has 0 spiro atoms. The number of carbonyl (C=O) groups excluding carboxylic acids is 2. The molecule has 43 heavy (non-hydrogen) atoms. The van der Waals surface area contributed by atoms with Gasteiger partial charge in [0.25, 0.3) is 5.82 Å². The maximum Gasteiger partial charge on any atom is 0.410 e. The van der Waals surface area contributed by atoms with Crippen molar-refractivity contribution in [3.05, 3.63) is 47.2 Å². The summed E-state index contributed by atoms with van der Waals surface area (Å²) in [5.41, 5.74) is 9.79. The van der Waals surface area contributed by atoms with E-state index < -0.39 is 5.60 Å². The van der Waals surface area contributed by atoms with Crippen molar-refractivity contribution in [3.8, 4) is 11.1 Å². The van der Waals surface area contributed by atoms with Crippen LogP contribution in [0.25, 0.3) is 22.2 Å². The summed E-state index contributed by atoms with van der Waals surface area (Å²) in [5, 5.41) is 4.70. The van der Waals surface area contributed by atoms with E-state index in [0.717, 1.165) is 53.8 Å². The molecule has 1 aliphatic rings. The standard InChI is InChI=1S/C30H39BrN9O3/c1-6-38-23-9-8-20(21-15-34-40(17-21)22-10-12-36(13-11-22)29(42)43-30(3,4)5)14-24(23)39(7-2)26(38)18-37(19-41)28-27(32)33-16-25(31)35-28/h8-9,14-17,19,22H,6-7,10-13,18H2,1-5H3,(H2,32,33)/q+1. The molecule has 4 aromatic rings. The number of piperidine rings is 1. The number of fused-ring (bicyclic) bond motifs is 1. The fourth-order valence-corrected chi connectivity index (χ4v) is 5.94. The Morgan fingerprint density at radius 3 is 2.60 bits per heavy atom. The summed E-state index contributed by atoms with van der Waals surface area (Å²) in [6.07, 6.45) is 7.61. The van der Waals surface area contributed by atoms with E-state index in [1.165, 1.54) is 11.1 Å². The predicted molar refractivity (Wildman–Crippen MR) is 167 cm³/mol.